The molecule has 0 unspecified atom stereocenters. The van der Waals surface area contributed by atoms with Crippen LogP contribution in [-0.2, 0) is 4.79 Å². The zero-order chi connectivity index (χ0) is 12.3. The van der Waals surface area contributed by atoms with Crippen molar-refractivity contribution in [1.82, 2.24) is 9.88 Å². The van der Waals surface area contributed by atoms with Gasteiger partial charge in [0.2, 0.25) is 0 Å². The fourth-order valence-electron chi connectivity index (χ4n) is 1.45. The molecule has 0 radical (unpaired) electrons. The first-order chi connectivity index (χ1) is 8.15. The Bertz CT molecular complexity index is 403. The molecule has 0 atom stereocenters. The molecule has 2 N–H and O–H groups in total. The van der Waals surface area contributed by atoms with Gasteiger partial charge < -0.3 is 10.0 Å². The minimum Gasteiger partial charge on any atom is -0.480 e. The summed E-state index contributed by atoms with van der Waals surface area (Å²) in [5.41, 5.74) is 0. The van der Waals surface area contributed by atoms with Gasteiger partial charge in [-0.1, -0.05) is 0 Å². The standard InChI is InChI=1S/C10H13N3O3S/c14-8(15)6-13(5-7-1-2-7)10(16)12-9-11-3-4-17-9/h3-4,7H,1-2,5-6H2,(H,14,15)(H,11,12,16). The number of anilines is 1. The normalized spacial score (nSPS) is 14.4. The Kier molecular flexibility index (Phi) is 3.58. The van der Waals surface area contributed by atoms with E-state index in [1.807, 2.05) is 0 Å². The first-order valence-corrected chi connectivity index (χ1v) is 6.20. The Balaban J connectivity index is 1.93. The van der Waals surface area contributed by atoms with Gasteiger partial charge in [-0.2, -0.15) is 0 Å². The maximum Gasteiger partial charge on any atom is 0.324 e. The fraction of sp³-hybridized carbons (Fsp3) is 0.500. The van der Waals surface area contributed by atoms with Crippen LogP contribution in [0.1, 0.15) is 12.8 Å². The third kappa shape index (κ3) is 3.70. The molecule has 2 rings (SSSR count). The monoisotopic (exact) mass is 255 g/mol. The number of carboxylic acids is 1. The molecule has 1 aliphatic carbocycles. The second kappa shape index (κ2) is 5.13. The SMILES string of the molecule is O=C(O)CN(CC1CC1)C(=O)Nc1nccs1. The first-order valence-electron chi connectivity index (χ1n) is 5.32. The molecule has 1 aromatic rings. The van der Waals surface area contributed by atoms with E-state index in [0.717, 1.165) is 12.8 Å². The molecule has 7 heteroatoms. The Hall–Kier alpha value is -1.63. The van der Waals surface area contributed by atoms with Crippen LogP contribution in [0, 0.1) is 5.92 Å². The van der Waals surface area contributed by atoms with E-state index in [1.165, 1.54) is 16.2 Å². The third-order valence-electron chi connectivity index (χ3n) is 2.44. The number of hydrogen-bond donors (Lipinski definition) is 2. The highest BCUT2D eigenvalue weighted by molar-refractivity contribution is 7.13. The van der Waals surface area contributed by atoms with Crippen molar-refractivity contribution in [3.05, 3.63) is 11.6 Å². The Morgan fingerprint density at radius 3 is 2.88 bits per heavy atom. The molecule has 0 bridgehead atoms. The number of amides is 2. The number of rotatable bonds is 5. The Morgan fingerprint density at radius 2 is 2.35 bits per heavy atom. The van der Waals surface area contributed by atoms with Crippen molar-refractivity contribution in [2.24, 2.45) is 5.92 Å². The van der Waals surface area contributed by atoms with Gasteiger partial charge in [0.05, 0.1) is 0 Å². The molecule has 1 saturated carbocycles. The van der Waals surface area contributed by atoms with E-state index < -0.39 is 12.0 Å². The number of carbonyl (C=O) groups excluding carboxylic acids is 1. The van der Waals surface area contributed by atoms with Gasteiger partial charge >= 0.3 is 12.0 Å². The van der Waals surface area contributed by atoms with Gasteiger partial charge in [0, 0.05) is 18.1 Å². The van der Waals surface area contributed by atoms with E-state index in [0.29, 0.717) is 17.6 Å². The maximum atomic E-state index is 11.8. The van der Waals surface area contributed by atoms with E-state index in [9.17, 15) is 9.59 Å². The van der Waals surface area contributed by atoms with Crippen LogP contribution in [0.2, 0.25) is 0 Å². The molecule has 1 fully saturated rings. The zero-order valence-electron chi connectivity index (χ0n) is 9.13. The topological polar surface area (TPSA) is 82.5 Å². The number of nitrogens with zero attached hydrogens (tertiary/aromatic N) is 2. The highest BCUT2D eigenvalue weighted by Gasteiger charge is 2.28. The number of aliphatic carboxylic acids is 1. The summed E-state index contributed by atoms with van der Waals surface area (Å²) in [6, 6.07) is -0.394. The summed E-state index contributed by atoms with van der Waals surface area (Å²) in [5, 5.41) is 13.6. The zero-order valence-corrected chi connectivity index (χ0v) is 9.94. The summed E-state index contributed by atoms with van der Waals surface area (Å²) in [6.45, 7) is 0.233. The maximum absolute atomic E-state index is 11.8. The average Bonchev–Trinajstić information content (AvgIpc) is 2.92. The minimum absolute atomic E-state index is 0.270. The third-order valence-corrected chi connectivity index (χ3v) is 3.12. The second-order valence-electron chi connectivity index (χ2n) is 3.99. The lowest BCUT2D eigenvalue weighted by Crippen LogP contribution is -2.40. The molecule has 17 heavy (non-hydrogen) atoms. The number of thiazole rings is 1. The molecule has 92 valence electrons. The lowest BCUT2D eigenvalue weighted by Gasteiger charge is -2.20. The van der Waals surface area contributed by atoms with Crippen LogP contribution in [0.15, 0.2) is 11.6 Å². The summed E-state index contributed by atoms with van der Waals surface area (Å²) >= 11 is 1.30. The summed E-state index contributed by atoms with van der Waals surface area (Å²) in [7, 11) is 0. The van der Waals surface area contributed by atoms with Crippen molar-refractivity contribution in [1.29, 1.82) is 0 Å². The Labute approximate surface area is 102 Å². The number of nitrogens with one attached hydrogen (secondary N) is 1. The first kappa shape index (κ1) is 11.8. The molecule has 1 aromatic heterocycles. The summed E-state index contributed by atoms with van der Waals surface area (Å²) in [5.74, 6) is -0.545. The van der Waals surface area contributed by atoms with Crippen LogP contribution in [-0.4, -0.2) is 40.1 Å². The molecule has 1 aliphatic rings. The van der Waals surface area contributed by atoms with E-state index in [2.05, 4.69) is 10.3 Å². The molecule has 0 spiro atoms. The second-order valence-corrected chi connectivity index (χ2v) is 4.88. The van der Waals surface area contributed by atoms with Gasteiger partial charge in [-0.15, -0.1) is 11.3 Å². The van der Waals surface area contributed by atoms with E-state index in [1.54, 1.807) is 11.6 Å². The van der Waals surface area contributed by atoms with Crippen molar-refractivity contribution < 1.29 is 14.7 Å². The molecule has 0 aliphatic heterocycles. The summed E-state index contributed by atoms with van der Waals surface area (Å²) in [4.78, 5) is 27.8. The lowest BCUT2D eigenvalue weighted by molar-refractivity contribution is -0.137. The van der Waals surface area contributed by atoms with Crippen molar-refractivity contribution >= 4 is 28.5 Å². The molecule has 2 amide bonds. The summed E-state index contributed by atoms with van der Waals surface area (Å²) in [6.07, 6.45) is 3.73. The number of urea groups is 1. The quantitative estimate of drug-likeness (QED) is 0.834. The van der Waals surface area contributed by atoms with E-state index >= 15 is 0 Å². The van der Waals surface area contributed by atoms with Crippen molar-refractivity contribution in [3.63, 3.8) is 0 Å². The highest BCUT2D eigenvalue weighted by Crippen LogP contribution is 2.29. The van der Waals surface area contributed by atoms with Crippen LogP contribution in [0.3, 0.4) is 0 Å². The molecule has 1 heterocycles. The Morgan fingerprint density at radius 1 is 1.59 bits per heavy atom. The number of carboxylic acid groups (broad SMARTS) is 1. The summed E-state index contributed by atoms with van der Waals surface area (Å²) < 4.78 is 0. The van der Waals surface area contributed by atoms with Gasteiger partial charge in [0.1, 0.15) is 6.54 Å². The van der Waals surface area contributed by atoms with Crippen molar-refractivity contribution in [3.8, 4) is 0 Å². The predicted octanol–water partition coefficient (Wildman–Crippen LogP) is 1.47. The smallest absolute Gasteiger partial charge is 0.324 e. The predicted molar refractivity (Wildman–Crippen MR) is 63.1 cm³/mol. The van der Waals surface area contributed by atoms with Crippen molar-refractivity contribution in [2.45, 2.75) is 12.8 Å². The fourth-order valence-corrected chi connectivity index (χ4v) is 1.97. The minimum atomic E-state index is -1.00. The molecular formula is C10H13N3O3S. The van der Waals surface area contributed by atoms with Gasteiger partial charge in [-0.25, -0.2) is 9.78 Å². The van der Waals surface area contributed by atoms with Crippen LogP contribution >= 0.6 is 11.3 Å². The van der Waals surface area contributed by atoms with Crippen LogP contribution in [0.4, 0.5) is 9.93 Å². The van der Waals surface area contributed by atoms with Gasteiger partial charge in [0.25, 0.3) is 0 Å². The largest absolute Gasteiger partial charge is 0.480 e. The van der Waals surface area contributed by atoms with Crippen LogP contribution < -0.4 is 5.32 Å². The molecule has 0 saturated heterocycles. The van der Waals surface area contributed by atoms with Gasteiger partial charge in [-0.3, -0.25) is 10.1 Å². The molecule has 6 nitrogen and oxygen atoms in total. The molecular weight excluding hydrogens is 242 g/mol. The lowest BCUT2D eigenvalue weighted by atomic mass is 10.4. The number of carbonyl (C=O) groups is 2. The number of hydrogen-bond acceptors (Lipinski definition) is 4. The van der Waals surface area contributed by atoms with Crippen LogP contribution in [0.25, 0.3) is 0 Å². The van der Waals surface area contributed by atoms with E-state index in [4.69, 9.17) is 5.11 Å². The van der Waals surface area contributed by atoms with E-state index in [-0.39, 0.29) is 6.54 Å². The van der Waals surface area contributed by atoms with Gasteiger partial charge in [0.15, 0.2) is 5.13 Å². The average molecular weight is 255 g/mol. The molecule has 0 aromatic carbocycles. The van der Waals surface area contributed by atoms with Gasteiger partial charge in [-0.05, 0) is 18.8 Å². The van der Waals surface area contributed by atoms with Crippen molar-refractivity contribution in [2.75, 3.05) is 18.4 Å². The number of aromatic nitrogens is 1. The highest BCUT2D eigenvalue weighted by atomic mass is 32.1. The van der Waals surface area contributed by atoms with Crippen LogP contribution in [0.5, 0.6) is 0 Å².